The number of nitrogens with one attached hydrogen (secondary N) is 1. The Kier molecular flexibility index (Phi) is 5.14. The van der Waals surface area contributed by atoms with Crippen LogP contribution in [0.2, 0.25) is 0 Å². The van der Waals surface area contributed by atoms with Crippen LogP contribution in [0.3, 0.4) is 0 Å². The highest BCUT2D eigenvalue weighted by Gasteiger charge is 2.25. The van der Waals surface area contributed by atoms with Crippen LogP contribution in [0.4, 0.5) is 0 Å². The van der Waals surface area contributed by atoms with E-state index >= 15 is 0 Å². The summed E-state index contributed by atoms with van der Waals surface area (Å²) >= 11 is 0. The Labute approximate surface area is 118 Å². The van der Waals surface area contributed by atoms with E-state index in [-0.39, 0.29) is 18.0 Å². The van der Waals surface area contributed by atoms with Crippen LogP contribution in [0.25, 0.3) is 0 Å². The predicted octanol–water partition coefficient (Wildman–Crippen LogP) is 0.854. The molecular weight excluding hydrogens is 258 g/mol. The number of hydrogen-bond donors (Lipinski definition) is 1. The molecule has 1 N–H and O–H groups in total. The highest BCUT2D eigenvalue weighted by molar-refractivity contribution is 5.79. The Balaban J connectivity index is 2.01. The third kappa shape index (κ3) is 3.58. The summed E-state index contributed by atoms with van der Waals surface area (Å²) in [7, 11) is 1.93. The molecule has 0 amide bonds. The van der Waals surface area contributed by atoms with Crippen molar-refractivity contribution in [2.45, 2.75) is 38.6 Å². The molecule has 0 spiro atoms. The molecule has 0 aliphatic carbocycles. The molecule has 2 heterocycles. The standard InChI is InChI=1S/C14H23N3O3/c1-11-9-13(18)17(20-11)14(19)10-16-8-4-3-5-12(16)6-7-15-2/h9,12,15H,3-8,10H2,1-2H3. The molecule has 0 bridgehead atoms. The molecule has 6 heteroatoms. The van der Waals surface area contributed by atoms with Gasteiger partial charge in [0.2, 0.25) is 0 Å². The van der Waals surface area contributed by atoms with Gasteiger partial charge in [0.1, 0.15) is 5.76 Å². The van der Waals surface area contributed by atoms with Crippen molar-refractivity contribution in [2.75, 3.05) is 26.7 Å². The Morgan fingerprint density at radius 1 is 1.50 bits per heavy atom. The Morgan fingerprint density at radius 2 is 2.30 bits per heavy atom. The van der Waals surface area contributed by atoms with Crippen molar-refractivity contribution in [3.05, 3.63) is 22.2 Å². The lowest BCUT2D eigenvalue weighted by molar-refractivity contribution is 0.0628. The van der Waals surface area contributed by atoms with Crippen LogP contribution in [0.15, 0.2) is 15.4 Å². The summed E-state index contributed by atoms with van der Waals surface area (Å²) in [6.07, 6.45) is 4.45. The first-order chi connectivity index (χ1) is 9.61. The van der Waals surface area contributed by atoms with Crippen LogP contribution in [0, 0.1) is 6.92 Å². The van der Waals surface area contributed by atoms with E-state index in [4.69, 9.17) is 4.52 Å². The minimum absolute atomic E-state index is 0.251. The van der Waals surface area contributed by atoms with Gasteiger partial charge in [0.05, 0.1) is 6.54 Å². The highest BCUT2D eigenvalue weighted by atomic mass is 16.5. The molecule has 112 valence electrons. The fraction of sp³-hybridized carbons (Fsp3) is 0.714. The third-order valence-corrected chi connectivity index (χ3v) is 3.80. The lowest BCUT2D eigenvalue weighted by atomic mass is 9.99. The van der Waals surface area contributed by atoms with E-state index in [0.717, 1.165) is 37.1 Å². The maximum atomic E-state index is 12.2. The summed E-state index contributed by atoms with van der Waals surface area (Å²) in [4.78, 5) is 25.9. The van der Waals surface area contributed by atoms with E-state index in [1.54, 1.807) is 6.92 Å². The second-order valence-corrected chi connectivity index (χ2v) is 5.38. The van der Waals surface area contributed by atoms with E-state index in [2.05, 4.69) is 10.2 Å². The van der Waals surface area contributed by atoms with Gasteiger partial charge in [-0.1, -0.05) is 6.42 Å². The van der Waals surface area contributed by atoms with Gasteiger partial charge in [-0.3, -0.25) is 14.5 Å². The zero-order chi connectivity index (χ0) is 14.5. The van der Waals surface area contributed by atoms with Crippen LogP contribution in [-0.4, -0.2) is 48.3 Å². The van der Waals surface area contributed by atoms with Crippen LogP contribution >= 0.6 is 0 Å². The van der Waals surface area contributed by atoms with E-state index in [0.29, 0.717) is 11.8 Å². The van der Waals surface area contributed by atoms with Gasteiger partial charge >= 0.3 is 0 Å². The van der Waals surface area contributed by atoms with Crippen molar-refractivity contribution in [2.24, 2.45) is 0 Å². The largest absolute Gasteiger partial charge is 0.373 e. The molecule has 0 radical (unpaired) electrons. The second kappa shape index (κ2) is 6.85. The lowest BCUT2D eigenvalue weighted by Crippen LogP contribution is -2.45. The van der Waals surface area contributed by atoms with E-state index in [9.17, 15) is 9.59 Å². The highest BCUT2D eigenvalue weighted by Crippen LogP contribution is 2.19. The first-order valence-electron chi connectivity index (χ1n) is 7.23. The molecule has 6 nitrogen and oxygen atoms in total. The van der Waals surface area contributed by atoms with Gasteiger partial charge in [-0.05, 0) is 46.3 Å². The molecule has 1 fully saturated rings. The van der Waals surface area contributed by atoms with Gasteiger partial charge < -0.3 is 9.84 Å². The summed E-state index contributed by atoms with van der Waals surface area (Å²) in [5, 5.41) is 3.15. The number of carbonyl (C=O) groups excluding carboxylic acids is 1. The summed E-state index contributed by atoms with van der Waals surface area (Å²) in [6.45, 7) is 3.77. The minimum atomic E-state index is -0.378. The summed E-state index contributed by atoms with van der Waals surface area (Å²) in [6, 6.07) is 1.75. The molecule has 0 saturated carbocycles. The zero-order valence-electron chi connectivity index (χ0n) is 12.2. The first-order valence-corrected chi connectivity index (χ1v) is 7.23. The van der Waals surface area contributed by atoms with Crippen molar-refractivity contribution < 1.29 is 9.32 Å². The normalized spacial score (nSPS) is 20.2. The number of hydrogen-bond acceptors (Lipinski definition) is 5. The van der Waals surface area contributed by atoms with Crippen molar-refractivity contribution in [1.82, 2.24) is 15.0 Å². The fourth-order valence-electron chi connectivity index (χ4n) is 2.77. The van der Waals surface area contributed by atoms with E-state index < -0.39 is 0 Å². The number of likely N-dealkylation sites (tertiary alicyclic amines) is 1. The SMILES string of the molecule is CNCCC1CCCCN1CC(=O)n1oc(C)cc1=O. The van der Waals surface area contributed by atoms with E-state index in [1.165, 1.54) is 12.5 Å². The Morgan fingerprint density at radius 3 is 2.95 bits per heavy atom. The van der Waals surface area contributed by atoms with Crippen molar-refractivity contribution in [1.29, 1.82) is 0 Å². The lowest BCUT2D eigenvalue weighted by Gasteiger charge is -2.35. The van der Waals surface area contributed by atoms with Crippen LogP contribution in [-0.2, 0) is 0 Å². The monoisotopic (exact) mass is 281 g/mol. The molecule has 1 aromatic heterocycles. The van der Waals surface area contributed by atoms with Gasteiger partial charge in [-0.2, -0.15) is 0 Å². The zero-order valence-corrected chi connectivity index (χ0v) is 12.2. The average molecular weight is 281 g/mol. The summed E-state index contributed by atoms with van der Waals surface area (Å²) < 4.78 is 6.02. The quantitative estimate of drug-likeness (QED) is 0.867. The molecule has 1 aliphatic rings. The van der Waals surface area contributed by atoms with Crippen molar-refractivity contribution in [3.63, 3.8) is 0 Å². The Hall–Kier alpha value is -1.40. The number of nitrogens with zero attached hydrogens (tertiary/aromatic N) is 2. The molecule has 0 aromatic carbocycles. The topological polar surface area (TPSA) is 67.5 Å². The maximum Gasteiger partial charge on any atom is 0.290 e. The smallest absolute Gasteiger partial charge is 0.290 e. The van der Waals surface area contributed by atoms with Gasteiger partial charge in [0.15, 0.2) is 0 Å². The molecule has 1 aliphatic heterocycles. The van der Waals surface area contributed by atoms with Crippen LogP contribution in [0.5, 0.6) is 0 Å². The van der Waals surface area contributed by atoms with E-state index in [1.807, 2.05) is 7.05 Å². The minimum Gasteiger partial charge on any atom is -0.373 e. The average Bonchev–Trinajstić information content (AvgIpc) is 2.77. The fourth-order valence-corrected chi connectivity index (χ4v) is 2.77. The van der Waals surface area contributed by atoms with Crippen LogP contribution < -0.4 is 10.9 Å². The van der Waals surface area contributed by atoms with Gasteiger partial charge in [0, 0.05) is 12.1 Å². The molecule has 1 unspecified atom stereocenters. The first kappa shape index (κ1) is 15.0. The maximum absolute atomic E-state index is 12.2. The number of carbonyl (C=O) groups is 1. The second-order valence-electron chi connectivity index (χ2n) is 5.38. The Bertz CT molecular complexity index is 506. The molecule has 1 atom stereocenters. The van der Waals surface area contributed by atoms with Crippen molar-refractivity contribution in [3.8, 4) is 0 Å². The molecule has 20 heavy (non-hydrogen) atoms. The molecule has 2 rings (SSSR count). The number of aryl methyl sites for hydroxylation is 1. The van der Waals surface area contributed by atoms with Gasteiger partial charge in [-0.25, -0.2) is 0 Å². The molecule has 1 aromatic rings. The van der Waals surface area contributed by atoms with Gasteiger partial charge in [0.25, 0.3) is 11.5 Å². The summed E-state index contributed by atoms with van der Waals surface area (Å²) in [5.41, 5.74) is -0.378. The van der Waals surface area contributed by atoms with Crippen LogP contribution in [0.1, 0.15) is 36.2 Å². The summed E-state index contributed by atoms with van der Waals surface area (Å²) in [5.74, 6) is 0.188. The molecular formula is C14H23N3O3. The predicted molar refractivity (Wildman–Crippen MR) is 76.1 cm³/mol. The number of rotatable bonds is 5. The number of aromatic nitrogens is 1. The third-order valence-electron chi connectivity index (χ3n) is 3.80. The van der Waals surface area contributed by atoms with Gasteiger partial charge in [-0.15, -0.1) is 4.74 Å². The number of piperidine rings is 1. The van der Waals surface area contributed by atoms with Crippen molar-refractivity contribution >= 4 is 5.91 Å². The molecule has 1 saturated heterocycles.